The Morgan fingerprint density at radius 1 is 1.12 bits per heavy atom. The van der Waals surface area contributed by atoms with Crippen LogP contribution in [0.4, 0.5) is 0 Å². The van der Waals surface area contributed by atoms with Crippen molar-refractivity contribution >= 4 is 30.7 Å². The van der Waals surface area contributed by atoms with Gasteiger partial charge in [0.25, 0.3) is 0 Å². The van der Waals surface area contributed by atoms with Crippen molar-refractivity contribution in [1.29, 1.82) is 0 Å². The van der Waals surface area contributed by atoms with E-state index in [4.69, 9.17) is 0 Å². The molecular formula is C17H28Cl2N4O. The molecule has 0 spiro atoms. The van der Waals surface area contributed by atoms with Gasteiger partial charge in [-0.15, -0.1) is 24.8 Å². The Hall–Kier alpha value is -0.780. The Kier molecular flexibility index (Phi) is 6.96. The van der Waals surface area contributed by atoms with Gasteiger partial charge >= 0.3 is 0 Å². The first-order chi connectivity index (χ1) is 10.8. The highest BCUT2D eigenvalue weighted by atomic mass is 35.5. The van der Waals surface area contributed by atoms with Gasteiger partial charge < -0.3 is 10.2 Å². The Bertz CT molecular complexity index is 505. The molecule has 1 aromatic rings. The molecule has 2 N–H and O–H groups in total. The molecule has 24 heavy (non-hydrogen) atoms. The van der Waals surface area contributed by atoms with Gasteiger partial charge in [-0.1, -0.05) is 0 Å². The zero-order valence-corrected chi connectivity index (χ0v) is 15.6. The molecule has 3 aliphatic heterocycles. The van der Waals surface area contributed by atoms with E-state index in [0.717, 1.165) is 32.4 Å². The van der Waals surface area contributed by atoms with Gasteiger partial charge in [0, 0.05) is 49.4 Å². The highest BCUT2D eigenvalue weighted by molar-refractivity contribution is 5.85. The fraction of sp³-hybridized carbons (Fsp3) is 0.765. The van der Waals surface area contributed by atoms with E-state index in [1.54, 1.807) is 0 Å². The zero-order valence-electron chi connectivity index (χ0n) is 13.9. The number of hydrogen-bond donors (Lipinski definition) is 2. The van der Waals surface area contributed by atoms with Crippen molar-refractivity contribution in [3.05, 3.63) is 18.0 Å². The van der Waals surface area contributed by atoms with Crippen LogP contribution in [0, 0.1) is 5.92 Å². The van der Waals surface area contributed by atoms with Crippen LogP contribution in [0.5, 0.6) is 0 Å². The lowest BCUT2D eigenvalue weighted by atomic mass is 9.88. The maximum Gasteiger partial charge on any atom is 0.222 e. The summed E-state index contributed by atoms with van der Waals surface area (Å²) < 4.78 is 0. The molecule has 4 heterocycles. The molecule has 1 amide bonds. The maximum absolute atomic E-state index is 12.6. The van der Waals surface area contributed by atoms with Gasteiger partial charge in [-0.05, 0) is 50.5 Å². The lowest BCUT2D eigenvalue weighted by Crippen LogP contribution is -2.42. The number of aromatic amines is 1. The SMILES string of the molecule is Cl.Cl.O=C(CC1CC2CCC(C1)N2)N1CCC(c2ccn[nH]2)CC1. The second kappa shape index (κ2) is 8.54. The monoisotopic (exact) mass is 374 g/mol. The molecule has 2 unspecified atom stereocenters. The fourth-order valence-electron chi connectivity index (χ4n) is 4.65. The normalized spacial score (nSPS) is 29.7. The van der Waals surface area contributed by atoms with E-state index in [-0.39, 0.29) is 24.8 Å². The highest BCUT2D eigenvalue weighted by Crippen LogP contribution is 2.33. The molecule has 5 nitrogen and oxygen atoms in total. The lowest BCUT2D eigenvalue weighted by Gasteiger charge is -2.34. The quantitative estimate of drug-likeness (QED) is 0.854. The second-order valence-corrected chi connectivity index (χ2v) is 7.35. The van der Waals surface area contributed by atoms with Crippen molar-refractivity contribution in [3.8, 4) is 0 Å². The first-order valence-electron chi connectivity index (χ1n) is 8.81. The summed E-state index contributed by atoms with van der Waals surface area (Å²) in [5.74, 6) is 1.53. The summed E-state index contributed by atoms with van der Waals surface area (Å²) in [5, 5.41) is 10.8. The molecule has 0 radical (unpaired) electrons. The van der Waals surface area contributed by atoms with Crippen molar-refractivity contribution in [1.82, 2.24) is 20.4 Å². The predicted molar refractivity (Wildman–Crippen MR) is 98.9 cm³/mol. The van der Waals surface area contributed by atoms with Gasteiger partial charge in [-0.3, -0.25) is 9.89 Å². The number of halogens is 2. The van der Waals surface area contributed by atoms with Gasteiger partial charge in [-0.25, -0.2) is 0 Å². The number of carbonyl (C=O) groups is 1. The van der Waals surface area contributed by atoms with Crippen molar-refractivity contribution in [2.75, 3.05) is 13.1 Å². The van der Waals surface area contributed by atoms with Gasteiger partial charge in [0.15, 0.2) is 0 Å². The van der Waals surface area contributed by atoms with E-state index in [1.165, 1.54) is 31.4 Å². The van der Waals surface area contributed by atoms with Crippen LogP contribution in [0.3, 0.4) is 0 Å². The molecule has 3 aliphatic rings. The van der Waals surface area contributed by atoms with Crippen LogP contribution in [-0.4, -0.2) is 46.2 Å². The number of nitrogens with one attached hydrogen (secondary N) is 2. The number of likely N-dealkylation sites (tertiary alicyclic amines) is 1. The summed E-state index contributed by atoms with van der Waals surface area (Å²) in [7, 11) is 0. The van der Waals surface area contributed by atoms with Crippen LogP contribution in [0.15, 0.2) is 12.3 Å². The number of piperidine rings is 2. The van der Waals surface area contributed by atoms with Crippen molar-refractivity contribution in [2.24, 2.45) is 5.92 Å². The van der Waals surface area contributed by atoms with E-state index in [0.29, 0.717) is 29.8 Å². The van der Waals surface area contributed by atoms with E-state index in [9.17, 15) is 4.79 Å². The molecule has 2 atom stereocenters. The third-order valence-electron chi connectivity index (χ3n) is 5.84. The summed E-state index contributed by atoms with van der Waals surface area (Å²) in [4.78, 5) is 14.7. The predicted octanol–water partition coefficient (Wildman–Crippen LogP) is 2.88. The standard InChI is InChI=1S/C17H26N4O.2ClH/c22-17(11-12-9-14-1-2-15(10-12)19-14)21-7-4-13(5-8-21)16-3-6-18-20-16;;/h3,6,12-15,19H,1-2,4-5,7-11H2,(H,18,20);2*1H. The third kappa shape index (κ3) is 4.24. The molecule has 0 saturated carbocycles. The number of hydrogen-bond acceptors (Lipinski definition) is 3. The van der Waals surface area contributed by atoms with Gasteiger partial charge in [0.2, 0.25) is 5.91 Å². The van der Waals surface area contributed by atoms with E-state index < -0.39 is 0 Å². The molecular weight excluding hydrogens is 347 g/mol. The average molecular weight is 375 g/mol. The minimum atomic E-state index is 0. The minimum Gasteiger partial charge on any atom is -0.343 e. The number of rotatable bonds is 3. The fourth-order valence-corrected chi connectivity index (χ4v) is 4.65. The lowest BCUT2D eigenvalue weighted by molar-refractivity contribution is -0.133. The van der Waals surface area contributed by atoms with Gasteiger partial charge in [-0.2, -0.15) is 5.10 Å². The highest BCUT2D eigenvalue weighted by Gasteiger charge is 2.35. The molecule has 0 aliphatic carbocycles. The molecule has 136 valence electrons. The first kappa shape index (κ1) is 19.5. The topological polar surface area (TPSA) is 61.0 Å². The summed E-state index contributed by atoms with van der Waals surface area (Å²) >= 11 is 0. The summed E-state index contributed by atoms with van der Waals surface area (Å²) in [5.41, 5.74) is 1.22. The smallest absolute Gasteiger partial charge is 0.222 e. The number of carbonyl (C=O) groups excluding carboxylic acids is 1. The van der Waals surface area contributed by atoms with Crippen LogP contribution in [0.2, 0.25) is 0 Å². The summed E-state index contributed by atoms with van der Waals surface area (Å²) in [6.07, 6.45) is 9.73. The Labute approximate surface area is 156 Å². The molecule has 3 saturated heterocycles. The molecule has 0 aromatic carbocycles. The zero-order chi connectivity index (χ0) is 14.9. The van der Waals surface area contributed by atoms with Gasteiger partial charge in [0.1, 0.15) is 0 Å². The van der Waals surface area contributed by atoms with Crippen molar-refractivity contribution < 1.29 is 4.79 Å². The summed E-state index contributed by atoms with van der Waals surface area (Å²) in [6, 6.07) is 3.43. The number of aromatic nitrogens is 2. The molecule has 2 bridgehead atoms. The minimum absolute atomic E-state index is 0. The van der Waals surface area contributed by atoms with Crippen LogP contribution in [0.25, 0.3) is 0 Å². The van der Waals surface area contributed by atoms with Crippen LogP contribution in [-0.2, 0) is 4.79 Å². The Morgan fingerprint density at radius 2 is 1.79 bits per heavy atom. The van der Waals surface area contributed by atoms with E-state index in [2.05, 4.69) is 26.5 Å². The summed E-state index contributed by atoms with van der Waals surface area (Å²) in [6.45, 7) is 1.81. The Balaban J connectivity index is 0.00000104. The van der Waals surface area contributed by atoms with E-state index in [1.807, 2.05) is 6.20 Å². The number of nitrogens with zero attached hydrogens (tertiary/aromatic N) is 2. The van der Waals surface area contributed by atoms with Crippen LogP contribution >= 0.6 is 24.8 Å². The average Bonchev–Trinajstić information content (AvgIpc) is 3.17. The molecule has 4 rings (SSSR count). The largest absolute Gasteiger partial charge is 0.343 e. The third-order valence-corrected chi connectivity index (χ3v) is 5.84. The van der Waals surface area contributed by atoms with Crippen LogP contribution in [0.1, 0.15) is 56.6 Å². The first-order valence-corrected chi connectivity index (χ1v) is 8.81. The van der Waals surface area contributed by atoms with Crippen molar-refractivity contribution in [2.45, 2.75) is 62.9 Å². The Morgan fingerprint density at radius 3 is 2.38 bits per heavy atom. The molecule has 7 heteroatoms. The number of amides is 1. The maximum atomic E-state index is 12.6. The number of H-pyrrole nitrogens is 1. The second-order valence-electron chi connectivity index (χ2n) is 7.35. The van der Waals surface area contributed by atoms with Gasteiger partial charge in [0.05, 0.1) is 0 Å². The van der Waals surface area contributed by atoms with Crippen LogP contribution < -0.4 is 5.32 Å². The van der Waals surface area contributed by atoms with Crippen molar-refractivity contribution in [3.63, 3.8) is 0 Å². The number of fused-ring (bicyclic) bond motifs is 2. The van der Waals surface area contributed by atoms with E-state index >= 15 is 0 Å². The molecule has 1 aromatic heterocycles. The molecule has 3 fully saturated rings.